The van der Waals surface area contributed by atoms with Gasteiger partial charge in [-0.2, -0.15) is 27.2 Å². The quantitative estimate of drug-likeness (QED) is 0.595. The minimum absolute atomic E-state index is 0.0301. The molecule has 2 amide bonds. The molecule has 94 valence electrons. The van der Waals surface area contributed by atoms with Gasteiger partial charge in [0.25, 0.3) is 0 Å². The van der Waals surface area contributed by atoms with Crippen LogP contribution in [0.3, 0.4) is 0 Å². The Morgan fingerprint density at radius 1 is 1.65 bits per heavy atom. The van der Waals surface area contributed by atoms with Crippen molar-refractivity contribution >= 4 is 24.6 Å². The smallest absolute Gasteiger partial charge is 0.435 e. The number of hydrogen-bond donors (Lipinski definition) is 2. The Labute approximate surface area is 106 Å². The van der Waals surface area contributed by atoms with Gasteiger partial charge in [0, 0.05) is 18.6 Å². The number of nitriles is 1. The Morgan fingerprint density at radius 3 is 2.65 bits per heavy atom. The zero-order chi connectivity index (χ0) is 13.1. The third-order valence-electron chi connectivity index (χ3n) is 3.53. The SMILES string of the molecule is C[C@@H]1CCC[N+]1(C(=O)O)C(=O)C(CS)CC#N. The molecule has 5 nitrogen and oxygen atoms in total. The summed E-state index contributed by atoms with van der Waals surface area (Å²) < 4.78 is -0.535. The molecule has 0 radical (unpaired) electrons. The maximum atomic E-state index is 12.3. The van der Waals surface area contributed by atoms with Crippen molar-refractivity contribution in [2.75, 3.05) is 12.3 Å². The first kappa shape index (κ1) is 14.0. The van der Waals surface area contributed by atoms with Crippen molar-refractivity contribution in [3.05, 3.63) is 0 Å². The average molecular weight is 257 g/mol. The van der Waals surface area contributed by atoms with Crippen LogP contribution in [0.15, 0.2) is 0 Å². The standard InChI is InChI=1S/C11H16N2O3S/c1-8-3-2-6-13(8,11(15)16)10(14)9(7-17)4-5-12/h8-9H,2-4,6-7H2,1H3,(H-,15,16,17)/p+1/t8-,9?,13?/m1/s1. The van der Waals surface area contributed by atoms with Crippen LogP contribution in [0.5, 0.6) is 0 Å². The predicted molar refractivity (Wildman–Crippen MR) is 64.4 cm³/mol. The zero-order valence-corrected chi connectivity index (χ0v) is 10.7. The van der Waals surface area contributed by atoms with Gasteiger partial charge in [0.15, 0.2) is 0 Å². The lowest BCUT2D eigenvalue weighted by Crippen LogP contribution is -2.60. The first-order chi connectivity index (χ1) is 8.00. The van der Waals surface area contributed by atoms with Crippen LogP contribution in [-0.4, -0.2) is 39.9 Å². The predicted octanol–water partition coefficient (Wildman–Crippen LogP) is 1.65. The molecule has 0 bridgehead atoms. The first-order valence-corrected chi connectivity index (χ1v) is 6.27. The van der Waals surface area contributed by atoms with Gasteiger partial charge in [-0.05, 0) is 6.92 Å². The highest BCUT2D eigenvalue weighted by atomic mass is 32.1. The molecular formula is C11H17N2O3S+. The molecular weight excluding hydrogens is 240 g/mol. The minimum atomic E-state index is -1.11. The topological polar surface area (TPSA) is 78.2 Å². The zero-order valence-electron chi connectivity index (χ0n) is 9.80. The number of quaternary nitrogens is 1. The van der Waals surface area contributed by atoms with Crippen LogP contribution in [-0.2, 0) is 4.79 Å². The van der Waals surface area contributed by atoms with E-state index < -0.39 is 16.5 Å². The largest absolute Gasteiger partial charge is 0.521 e. The lowest BCUT2D eigenvalue weighted by Gasteiger charge is -2.31. The van der Waals surface area contributed by atoms with Crippen molar-refractivity contribution in [1.29, 1.82) is 5.26 Å². The molecule has 1 rings (SSSR count). The highest BCUT2D eigenvalue weighted by Crippen LogP contribution is 2.31. The van der Waals surface area contributed by atoms with Gasteiger partial charge in [-0.1, -0.05) is 0 Å². The highest BCUT2D eigenvalue weighted by molar-refractivity contribution is 7.80. The van der Waals surface area contributed by atoms with Crippen molar-refractivity contribution in [3.8, 4) is 6.07 Å². The van der Waals surface area contributed by atoms with Crippen LogP contribution >= 0.6 is 12.6 Å². The van der Waals surface area contributed by atoms with E-state index in [4.69, 9.17) is 5.26 Å². The highest BCUT2D eigenvalue weighted by Gasteiger charge is 2.54. The molecule has 1 heterocycles. The summed E-state index contributed by atoms with van der Waals surface area (Å²) in [5.74, 6) is -0.758. The van der Waals surface area contributed by atoms with Crippen molar-refractivity contribution in [2.45, 2.75) is 32.2 Å². The normalized spacial score (nSPS) is 29.6. The van der Waals surface area contributed by atoms with E-state index in [1.54, 1.807) is 6.92 Å². The number of thiol groups is 1. The van der Waals surface area contributed by atoms with E-state index in [-0.39, 0.29) is 24.1 Å². The monoisotopic (exact) mass is 257 g/mol. The van der Waals surface area contributed by atoms with Crippen molar-refractivity contribution in [3.63, 3.8) is 0 Å². The van der Waals surface area contributed by atoms with Crippen LogP contribution in [0.1, 0.15) is 26.2 Å². The molecule has 1 saturated heterocycles. The number of nitrogens with zero attached hydrogens (tertiary/aromatic N) is 2. The number of amides is 2. The van der Waals surface area contributed by atoms with Gasteiger partial charge in [-0.25, -0.2) is 4.79 Å². The van der Waals surface area contributed by atoms with Gasteiger partial charge >= 0.3 is 12.0 Å². The second-order valence-electron chi connectivity index (χ2n) is 4.45. The van der Waals surface area contributed by atoms with E-state index in [1.165, 1.54) is 0 Å². The van der Waals surface area contributed by atoms with Gasteiger partial charge in [-0.15, -0.1) is 0 Å². The Bertz CT molecular complexity index is 366. The van der Waals surface area contributed by atoms with Crippen LogP contribution < -0.4 is 0 Å². The summed E-state index contributed by atoms with van der Waals surface area (Å²) in [6.07, 6.45) is 0.377. The van der Waals surface area contributed by atoms with Crippen LogP contribution in [0.2, 0.25) is 0 Å². The summed E-state index contributed by atoms with van der Waals surface area (Å²) in [6.45, 7) is 2.10. The van der Waals surface area contributed by atoms with Gasteiger partial charge in [0.2, 0.25) is 0 Å². The number of imide groups is 1. The van der Waals surface area contributed by atoms with Gasteiger partial charge in [-0.3, -0.25) is 0 Å². The molecule has 1 fully saturated rings. The van der Waals surface area contributed by atoms with E-state index in [2.05, 4.69) is 12.6 Å². The van der Waals surface area contributed by atoms with Crippen LogP contribution in [0.25, 0.3) is 0 Å². The van der Waals surface area contributed by atoms with Crippen molar-refractivity contribution in [2.24, 2.45) is 5.92 Å². The van der Waals surface area contributed by atoms with E-state index in [0.717, 1.165) is 12.8 Å². The van der Waals surface area contributed by atoms with E-state index in [0.29, 0.717) is 6.54 Å². The second-order valence-corrected chi connectivity index (χ2v) is 4.81. The molecule has 3 atom stereocenters. The molecule has 2 unspecified atom stereocenters. The Morgan fingerprint density at radius 2 is 2.29 bits per heavy atom. The maximum absolute atomic E-state index is 12.3. The Balaban J connectivity index is 3.04. The molecule has 0 aromatic carbocycles. The van der Waals surface area contributed by atoms with Gasteiger partial charge in [0.1, 0.15) is 6.04 Å². The maximum Gasteiger partial charge on any atom is 0.521 e. The first-order valence-electron chi connectivity index (χ1n) is 5.64. The molecule has 0 aliphatic carbocycles. The number of carbonyl (C=O) groups excluding carboxylic acids is 1. The molecule has 0 saturated carbocycles. The number of carboxylic acid groups (broad SMARTS) is 1. The number of rotatable bonds is 3. The lowest BCUT2D eigenvalue weighted by molar-refractivity contribution is -0.794. The molecule has 1 aliphatic rings. The van der Waals surface area contributed by atoms with Crippen molar-refractivity contribution < 1.29 is 19.2 Å². The molecule has 17 heavy (non-hydrogen) atoms. The summed E-state index contributed by atoms with van der Waals surface area (Å²) in [5.41, 5.74) is 0. The molecule has 0 spiro atoms. The fourth-order valence-corrected chi connectivity index (χ4v) is 2.73. The summed E-state index contributed by atoms with van der Waals surface area (Å²) >= 11 is 4.04. The minimum Gasteiger partial charge on any atom is -0.435 e. The third-order valence-corrected chi connectivity index (χ3v) is 3.97. The molecule has 1 N–H and O–H groups in total. The Kier molecular flexibility index (Phi) is 4.54. The van der Waals surface area contributed by atoms with Crippen LogP contribution in [0, 0.1) is 17.2 Å². The summed E-state index contributed by atoms with van der Waals surface area (Å²) in [4.78, 5) is 23.8. The van der Waals surface area contributed by atoms with E-state index >= 15 is 0 Å². The molecule has 1 aliphatic heterocycles. The average Bonchev–Trinajstić information content (AvgIpc) is 2.68. The lowest BCUT2D eigenvalue weighted by atomic mass is 10.0. The summed E-state index contributed by atoms with van der Waals surface area (Å²) in [7, 11) is 0. The van der Waals surface area contributed by atoms with Gasteiger partial charge in [0.05, 0.1) is 25.0 Å². The molecule has 0 aromatic rings. The second kappa shape index (κ2) is 5.52. The fraction of sp³-hybridized carbons (Fsp3) is 0.727. The Hall–Kier alpha value is -1.06. The van der Waals surface area contributed by atoms with Gasteiger partial charge < -0.3 is 5.11 Å². The molecule has 0 aromatic heterocycles. The number of hydrogen-bond acceptors (Lipinski definition) is 4. The number of likely N-dealkylation sites (tertiary alicyclic amines) is 1. The summed E-state index contributed by atoms with van der Waals surface area (Å²) in [6, 6.07) is 1.70. The molecule has 6 heteroatoms. The fourth-order valence-electron chi connectivity index (χ4n) is 2.45. The number of carbonyl (C=O) groups is 2. The van der Waals surface area contributed by atoms with E-state index in [1.807, 2.05) is 6.07 Å². The van der Waals surface area contributed by atoms with Crippen molar-refractivity contribution in [1.82, 2.24) is 0 Å². The van der Waals surface area contributed by atoms with Crippen LogP contribution in [0.4, 0.5) is 4.79 Å². The third kappa shape index (κ3) is 2.31. The van der Waals surface area contributed by atoms with E-state index in [9.17, 15) is 14.7 Å². The summed E-state index contributed by atoms with van der Waals surface area (Å²) in [5, 5.41) is 18.0.